The van der Waals surface area contributed by atoms with Gasteiger partial charge in [0, 0.05) is 0 Å². The van der Waals surface area contributed by atoms with Gasteiger partial charge in [-0.05, 0) is 66.5 Å². The molecule has 0 saturated heterocycles. The lowest BCUT2D eigenvalue weighted by Gasteiger charge is -2.22. The molecule has 138 valence electrons. The zero-order valence-electron chi connectivity index (χ0n) is 16.3. The molecule has 1 heteroatoms. The second-order valence-corrected chi connectivity index (χ2v) is 7.40. The van der Waals surface area contributed by atoms with Crippen LogP contribution in [0.5, 0.6) is 5.75 Å². The number of benzene rings is 2. The van der Waals surface area contributed by atoms with Crippen molar-refractivity contribution in [1.29, 1.82) is 0 Å². The van der Waals surface area contributed by atoms with Gasteiger partial charge in [-0.3, -0.25) is 0 Å². The van der Waals surface area contributed by atoms with Gasteiger partial charge in [0.05, 0.1) is 6.61 Å². The standard InChI is InChI=1S/C25H32O/c1-3-5-6-7-20-8-10-21(11-9-20)22-12-14-23(15-13-22)24-16-18-25(19-17-24)26-4-2/h10,12-20H,3-9,11H2,1-2H3. The summed E-state index contributed by atoms with van der Waals surface area (Å²) in [5.74, 6) is 1.85. The van der Waals surface area contributed by atoms with Crippen molar-refractivity contribution in [3.05, 3.63) is 60.2 Å². The molecule has 0 amide bonds. The molecule has 0 bridgehead atoms. The summed E-state index contributed by atoms with van der Waals surface area (Å²) < 4.78 is 5.53. The summed E-state index contributed by atoms with van der Waals surface area (Å²) in [4.78, 5) is 0. The van der Waals surface area contributed by atoms with Crippen LogP contribution < -0.4 is 4.74 Å². The van der Waals surface area contributed by atoms with E-state index in [0.717, 1.165) is 11.7 Å². The Labute approximate surface area is 159 Å². The van der Waals surface area contributed by atoms with Gasteiger partial charge >= 0.3 is 0 Å². The molecule has 0 saturated carbocycles. The molecule has 1 nitrogen and oxygen atoms in total. The summed E-state index contributed by atoms with van der Waals surface area (Å²) in [5.41, 5.74) is 5.45. The quantitative estimate of drug-likeness (QED) is 0.448. The highest BCUT2D eigenvalue weighted by atomic mass is 16.5. The van der Waals surface area contributed by atoms with Crippen molar-refractivity contribution < 1.29 is 4.74 Å². The molecule has 0 heterocycles. The normalized spacial score (nSPS) is 17.0. The second-order valence-electron chi connectivity index (χ2n) is 7.40. The topological polar surface area (TPSA) is 9.23 Å². The van der Waals surface area contributed by atoms with E-state index in [2.05, 4.69) is 61.5 Å². The van der Waals surface area contributed by atoms with Crippen molar-refractivity contribution in [3.63, 3.8) is 0 Å². The van der Waals surface area contributed by atoms with Gasteiger partial charge in [-0.25, -0.2) is 0 Å². The van der Waals surface area contributed by atoms with Gasteiger partial charge in [-0.1, -0.05) is 75.1 Å². The first-order valence-electron chi connectivity index (χ1n) is 10.3. The van der Waals surface area contributed by atoms with Crippen molar-refractivity contribution in [1.82, 2.24) is 0 Å². The smallest absolute Gasteiger partial charge is 0.119 e. The van der Waals surface area contributed by atoms with E-state index >= 15 is 0 Å². The summed E-state index contributed by atoms with van der Waals surface area (Å²) >= 11 is 0. The molecule has 2 aromatic carbocycles. The third-order valence-electron chi connectivity index (χ3n) is 5.49. The first kappa shape index (κ1) is 18.8. The Morgan fingerprint density at radius 1 is 0.846 bits per heavy atom. The zero-order valence-corrected chi connectivity index (χ0v) is 16.3. The monoisotopic (exact) mass is 348 g/mol. The van der Waals surface area contributed by atoms with E-state index in [1.165, 1.54) is 67.2 Å². The van der Waals surface area contributed by atoms with Gasteiger partial charge in [0.1, 0.15) is 5.75 Å². The number of ether oxygens (including phenoxy) is 1. The average Bonchev–Trinajstić information content (AvgIpc) is 2.70. The zero-order chi connectivity index (χ0) is 18.2. The van der Waals surface area contributed by atoms with Gasteiger partial charge in [-0.2, -0.15) is 0 Å². The van der Waals surface area contributed by atoms with Gasteiger partial charge in [0.25, 0.3) is 0 Å². The van der Waals surface area contributed by atoms with Gasteiger partial charge in [0.15, 0.2) is 0 Å². The van der Waals surface area contributed by atoms with Crippen LogP contribution >= 0.6 is 0 Å². The number of hydrogen-bond acceptors (Lipinski definition) is 1. The molecule has 0 fully saturated rings. The number of rotatable bonds is 8. The molecule has 1 aliphatic rings. The fraction of sp³-hybridized carbons (Fsp3) is 0.440. The minimum atomic E-state index is 0.711. The maximum Gasteiger partial charge on any atom is 0.119 e. The molecule has 2 aromatic rings. The van der Waals surface area contributed by atoms with Crippen LogP contribution in [0.2, 0.25) is 0 Å². The lowest BCUT2D eigenvalue weighted by molar-refractivity contribution is 0.340. The van der Waals surface area contributed by atoms with Gasteiger partial charge in [0.2, 0.25) is 0 Å². The predicted molar refractivity (Wildman–Crippen MR) is 113 cm³/mol. The summed E-state index contributed by atoms with van der Waals surface area (Å²) in [7, 11) is 0. The number of unbranched alkanes of at least 4 members (excludes halogenated alkanes) is 2. The molecule has 1 aliphatic carbocycles. The molecular weight excluding hydrogens is 316 g/mol. The Morgan fingerprint density at radius 2 is 1.50 bits per heavy atom. The first-order chi connectivity index (χ1) is 12.8. The highest BCUT2D eigenvalue weighted by Crippen LogP contribution is 2.33. The van der Waals surface area contributed by atoms with Gasteiger partial charge in [-0.15, -0.1) is 0 Å². The van der Waals surface area contributed by atoms with Crippen LogP contribution in [0.4, 0.5) is 0 Å². The van der Waals surface area contributed by atoms with Crippen molar-refractivity contribution >= 4 is 5.57 Å². The maximum atomic E-state index is 5.53. The summed E-state index contributed by atoms with van der Waals surface area (Å²) in [6.45, 7) is 5.01. The number of hydrogen-bond donors (Lipinski definition) is 0. The van der Waals surface area contributed by atoms with E-state index in [-0.39, 0.29) is 0 Å². The fourth-order valence-corrected chi connectivity index (χ4v) is 3.88. The third kappa shape index (κ3) is 5.00. The van der Waals surface area contributed by atoms with Crippen molar-refractivity contribution in [2.45, 2.75) is 58.8 Å². The minimum Gasteiger partial charge on any atom is -0.494 e. The Bertz CT molecular complexity index is 694. The minimum absolute atomic E-state index is 0.711. The molecule has 1 atom stereocenters. The first-order valence-corrected chi connectivity index (χ1v) is 10.3. The van der Waals surface area contributed by atoms with Crippen LogP contribution in [-0.2, 0) is 0 Å². The SMILES string of the molecule is CCCCCC1CC=C(c2ccc(-c3ccc(OCC)cc3)cc2)CC1. The third-order valence-corrected chi connectivity index (χ3v) is 5.49. The molecule has 0 aromatic heterocycles. The Morgan fingerprint density at radius 3 is 2.08 bits per heavy atom. The van der Waals surface area contributed by atoms with E-state index in [0.29, 0.717) is 6.61 Å². The molecule has 0 spiro atoms. The highest BCUT2D eigenvalue weighted by molar-refractivity contribution is 5.71. The molecule has 0 N–H and O–H groups in total. The fourth-order valence-electron chi connectivity index (χ4n) is 3.88. The van der Waals surface area contributed by atoms with Crippen LogP contribution in [-0.4, -0.2) is 6.61 Å². The predicted octanol–water partition coefficient (Wildman–Crippen LogP) is 7.52. The average molecular weight is 349 g/mol. The van der Waals surface area contributed by atoms with Crippen molar-refractivity contribution in [3.8, 4) is 16.9 Å². The van der Waals surface area contributed by atoms with Crippen molar-refractivity contribution in [2.24, 2.45) is 5.92 Å². The van der Waals surface area contributed by atoms with Crippen LogP contribution in [0.25, 0.3) is 16.7 Å². The van der Waals surface area contributed by atoms with E-state index in [1.54, 1.807) is 0 Å². The lowest BCUT2D eigenvalue weighted by atomic mass is 9.83. The summed E-state index contributed by atoms with van der Waals surface area (Å²) in [5, 5.41) is 0. The Kier molecular flexibility index (Phi) is 6.94. The van der Waals surface area contributed by atoms with E-state index < -0.39 is 0 Å². The molecule has 0 aliphatic heterocycles. The Hall–Kier alpha value is -2.02. The molecule has 0 radical (unpaired) electrons. The van der Waals surface area contributed by atoms with E-state index in [4.69, 9.17) is 4.74 Å². The van der Waals surface area contributed by atoms with Crippen molar-refractivity contribution in [2.75, 3.05) is 6.61 Å². The Balaban J connectivity index is 1.61. The molecular formula is C25H32O. The highest BCUT2D eigenvalue weighted by Gasteiger charge is 2.15. The molecule has 26 heavy (non-hydrogen) atoms. The van der Waals surface area contributed by atoms with E-state index in [9.17, 15) is 0 Å². The largest absolute Gasteiger partial charge is 0.494 e. The second kappa shape index (κ2) is 9.62. The number of allylic oxidation sites excluding steroid dienone is 2. The molecule has 3 rings (SSSR count). The van der Waals surface area contributed by atoms with Crippen LogP contribution in [0.3, 0.4) is 0 Å². The van der Waals surface area contributed by atoms with Crippen LogP contribution in [0.1, 0.15) is 64.4 Å². The van der Waals surface area contributed by atoms with Gasteiger partial charge < -0.3 is 4.74 Å². The summed E-state index contributed by atoms with van der Waals surface area (Å²) in [6, 6.07) is 17.5. The summed E-state index contributed by atoms with van der Waals surface area (Å²) in [6.07, 6.45) is 11.9. The molecule has 1 unspecified atom stereocenters. The van der Waals surface area contributed by atoms with Crippen LogP contribution in [0.15, 0.2) is 54.6 Å². The lowest BCUT2D eigenvalue weighted by Crippen LogP contribution is -2.05. The van der Waals surface area contributed by atoms with E-state index in [1.807, 2.05) is 6.92 Å². The maximum absolute atomic E-state index is 5.53. The van der Waals surface area contributed by atoms with Crippen LogP contribution in [0, 0.1) is 5.92 Å².